The minimum absolute atomic E-state index is 0. The molecule has 1 aromatic heterocycles. The van der Waals surface area contributed by atoms with E-state index in [1.165, 1.54) is 5.56 Å². The lowest BCUT2D eigenvalue weighted by atomic mass is 10.1. The Morgan fingerprint density at radius 1 is 1.09 bits per heavy atom. The molecule has 9 heteroatoms. The van der Waals surface area contributed by atoms with Crippen LogP contribution in [0.3, 0.4) is 0 Å². The summed E-state index contributed by atoms with van der Waals surface area (Å²) in [6, 6.07) is 18.0. The van der Waals surface area contributed by atoms with Gasteiger partial charge in [0.05, 0.1) is 31.6 Å². The van der Waals surface area contributed by atoms with Crippen molar-refractivity contribution in [2.24, 2.45) is 4.99 Å². The lowest BCUT2D eigenvalue weighted by Crippen LogP contribution is -2.43. The molecule has 3 aromatic rings. The molecule has 0 aliphatic heterocycles. The van der Waals surface area contributed by atoms with Crippen LogP contribution in [0.4, 0.5) is 0 Å². The standard InChI is InChI=1S/C25H32N6O2.HI/c1-19-14-16-31(29-19)23-8-6-5-7-21(23)17-27-25(28-18-24(32)30(2)3)26-15-13-20-9-11-22(33-4)12-10-20;/h5-12,14,16H,13,15,17-18H2,1-4H3,(H2,26,27,28);1H. The zero-order valence-electron chi connectivity index (χ0n) is 20.1. The zero-order valence-corrected chi connectivity index (χ0v) is 22.4. The normalized spacial score (nSPS) is 10.9. The number of ether oxygens (including phenoxy) is 1. The van der Waals surface area contributed by atoms with E-state index in [1.54, 1.807) is 26.1 Å². The van der Waals surface area contributed by atoms with Crippen LogP contribution >= 0.6 is 24.0 Å². The van der Waals surface area contributed by atoms with Crippen molar-refractivity contribution >= 4 is 35.8 Å². The average Bonchev–Trinajstić information content (AvgIpc) is 3.26. The lowest BCUT2D eigenvalue weighted by Gasteiger charge is -2.15. The Hall–Kier alpha value is -3.08. The number of nitrogens with zero attached hydrogens (tertiary/aromatic N) is 4. The minimum atomic E-state index is -0.0212. The Kier molecular flexibility index (Phi) is 10.9. The minimum Gasteiger partial charge on any atom is -0.497 e. The summed E-state index contributed by atoms with van der Waals surface area (Å²) in [6.45, 7) is 3.26. The van der Waals surface area contributed by atoms with Crippen LogP contribution < -0.4 is 15.4 Å². The first-order valence-corrected chi connectivity index (χ1v) is 10.9. The summed E-state index contributed by atoms with van der Waals surface area (Å²) in [5.41, 5.74) is 4.16. The number of aliphatic imine (C=N–C) groups is 1. The number of amides is 1. The predicted octanol–water partition coefficient (Wildman–Crippen LogP) is 3.17. The first-order valence-electron chi connectivity index (χ1n) is 10.9. The van der Waals surface area contributed by atoms with Crippen molar-refractivity contribution in [3.8, 4) is 11.4 Å². The monoisotopic (exact) mass is 576 g/mol. The van der Waals surface area contributed by atoms with E-state index in [2.05, 4.69) is 15.7 Å². The van der Waals surface area contributed by atoms with Gasteiger partial charge < -0.3 is 20.3 Å². The molecule has 0 fully saturated rings. The third kappa shape index (κ3) is 8.05. The van der Waals surface area contributed by atoms with Crippen LogP contribution in [0.15, 0.2) is 65.8 Å². The number of guanidine groups is 1. The van der Waals surface area contributed by atoms with Gasteiger partial charge in [0.25, 0.3) is 0 Å². The largest absolute Gasteiger partial charge is 0.497 e. The number of carbonyl (C=O) groups is 1. The molecule has 182 valence electrons. The Balaban J connectivity index is 0.00000408. The molecule has 0 aliphatic rings. The molecule has 2 N–H and O–H groups in total. The van der Waals surface area contributed by atoms with Crippen molar-refractivity contribution in [1.82, 2.24) is 25.3 Å². The summed E-state index contributed by atoms with van der Waals surface area (Å²) in [7, 11) is 5.13. The van der Waals surface area contributed by atoms with Crippen LogP contribution in [-0.2, 0) is 17.8 Å². The van der Waals surface area contributed by atoms with Gasteiger partial charge in [-0.25, -0.2) is 9.67 Å². The summed E-state index contributed by atoms with van der Waals surface area (Å²) in [5.74, 6) is 1.40. The van der Waals surface area contributed by atoms with E-state index in [0.717, 1.165) is 29.1 Å². The average molecular weight is 576 g/mol. The number of methoxy groups -OCH3 is 1. The fourth-order valence-corrected chi connectivity index (χ4v) is 3.19. The highest BCUT2D eigenvalue weighted by atomic mass is 127. The van der Waals surface area contributed by atoms with Gasteiger partial charge in [-0.2, -0.15) is 5.10 Å². The van der Waals surface area contributed by atoms with Gasteiger partial charge in [-0.15, -0.1) is 24.0 Å². The fourth-order valence-electron chi connectivity index (χ4n) is 3.19. The number of aromatic nitrogens is 2. The molecule has 8 nitrogen and oxygen atoms in total. The maximum Gasteiger partial charge on any atom is 0.241 e. The third-order valence-electron chi connectivity index (χ3n) is 5.14. The van der Waals surface area contributed by atoms with Crippen LogP contribution in [0.25, 0.3) is 5.69 Å². The first kappa shape index (κ1) is 27.2. The number of likely N-dealkylation sites (N-methyl/N-ethyl adjacent to an activating group) is 1. The zero-order chi connectivity index (χ0) is 23.6. The van der Waals surface area contributed by atoms with E-state index in [0.29, 0.717) is 19.0 Å². The number of hydrogen-bond donors (Lipinski definition) is 2. The number of halogens is 1. The molecule has 0 atom stereocenters. The van der Waals surface area contributed by atoms with Crippen LogP contribution in [-0.4, -0.2) is 60.8 Å². The highest BCUT2D eigenvalue weighted by Gasteiger charge is 2.08. The second-order valence-corrected chi connectivity index (χ2v) is 7.86. The number of aryl methyl sites for hydroxylation is 1. The number of para-hydroxylation sites is 1. The van der Waals surface area contributed by atoms with Crippen molar-refractivity contribution in [3.63, 3.8) is 0 Å². The van der Waals surface area contributed by atoms with E-state index in [-0.39, 0.29) is 36.4 Å². The quantitative estimate of drug-likeness (QED) is 0.232. The van der Waals surface area contributed by atoms with Crippen molar-refractivity contribution in [1.29, 1.82) is 0 Å². The third-order valence-corrected chi connectivity index (χ3v) is 5.14. The van der Waals surface area contributed by atoms with Crippen molar-refractivity contribution < 1.29 is 9.53 Å². The Bertz CT molecular complexity index is 1080. The molecule has 1 heterocycles. The van der Waals surface area contributed by atoms with E-state index >= 15 is 0 Å². The Labute approximate surface area is 218 Å². The molecule has 0 aliphatic carbocycles. The predicted molar refractivity (Wildman–Crippen MR) is 146 cm³/mol. The number of rotatable bonds is 9. The number of nitrogens with one attached hydrogen (secondary N) is 2. The topological polar surface area (TPSA) is 83.8 Å². The maximum atomic E-state index is 12.1. The van der Waals surface area contributed by atoms with Crippen molar-refractivity contribution in [2.75, 3.05) is 34.3 Å². The van der Waals surface area contributed by atoms with Gasteiger partial charge in [0, 0.05) is 26.8 Å². The second-order valence-electron chi connectivity index (χ2n) is 7.86. The lowest BCUT2D eigenvalue weighted by molar-refractivity contribution is -0.127. The molecule has 3 rings (SSSR count). The maximum absolute atomic E-state index is 12.1. The van der Waals surface area contributed by atoms with Gasteiger partial charge in [0.1, 0.15) is 5.75 Å². The fraction of sp³-hybridized carbons (Fsp3) is 0.320. The van der Waals surface area contributed by atoms with Gasteiger partial charge in [-0.3, -0.25) is 4.79 Å². The number of hydrogen-bond acceptors (Lipinski definition) is 4. The second kappa shape index (κ2) is 13.6. The SMILES string of the molecule is COc1ccc(CCNC(=NCc2ccccc2-n2ccc(C)n2)NCC(=O)N(C)C)cc1.I. The first-order chi connectivity index (χ1) is 16.0. The molecule has 0 saturated heterocycles. The van der Waals surface area contributed by atoms with Crippen molar-refractivity contribution in [3.05, 3.63) is 77.6 Å². The van der Waals surface area contributed by atoms with Crippen LogP contribution in [0.5, 0.6) is 5.75 Å². The molecule has 34 heavy (non-hydrogen) atoms. The summed E-state index contributed by atoms with van der Waals surface area (Å²) >= 11 is 0. The molecular formula is C25H33IN6O2. The van der Waals surface area contributed by atoms with Crippen LogP contribution in [0.1, 0.15) is 16.8 Å². The summed E-state index contributed by atoms with van der Waals surface area (Å²) in [5, 5.41) is 11.0. The molecule has 1 amide bonds. The molecule has 0 unspecified atom stereocenters. The van der Waals surface area contributed by atoms with E-state index < -0.39 is 0 Å². The summed E-state index contributed by atoms with van der Waals surface area (Å²) < 4.78 is 7.08. The molecular weight excluding hydrogens is 543 g/mol. The van der Waals surface area contributed by atoms with Crippen LogP contribution in [0, 0.1) is 6.92 Å². The van der Waals surface area contributed by atoms with Gasteiger partial charge >= 0.3 is 0 Å². The molecule has 0 saturated carbocycles. The summed E-state index contributed by atoms with van der Waals surface area (Å²) in [6.07, 6.45) is 2.76. The smallest absolute Gasteiger partial charge is 0.241 e. The van der Waals surface area contributed by atoms with E-state index in [1.807, 2.05) is 72.4 Å². The molecule has 0 radical (unpaired) electrons. The summed E-state index contributed by atoms with van der Waals surface area (Å²) in [4.78, 5) is 18.4. The molecule has 0 bridgehead atoms. The van der Waals surface area contributed by atoms with E-state index in [9.17, 15) is 4.79 Å². The van der Waals surface area contributed by atoms with Gasteiger partial charge in [0.15, 0.2) is 5.96 Å². The Morgan fingerprint density at radius 3 is 2.47 bits per heavy atom. The van der Waals surface area contributed by atoms with Gasteiger partial charge in [-0.05, 0) is 48.7 Å². The Morgan fingerprint density at radius 2 is 1.82 bits per heavy atom. The molecule has 0 spiro atoms. The van der Waals surface area contributed by atoms with E-state index in [4.69, 9.17) is 9.73 Å². The van der Waals surface area contributed by atoms with Gasteiger partial charge in [0.2, 0.25) is 5.91 Å². The number of carbonyl (C=O) groups excluding carboxylic acids is 1. The van der Waals surface area contributed by atoms with Crippen molar-refractivity contribution in [2.45, 2.75) is 19.9 Å². The highest BCUT2D eigenvalue weighted by Crippen LogP contribution is 2.15. The molecule has 2 aromatic carbocycles. The number of benzene rings is 2. The highest BCUT2D eigenvalue weighted by molar-refractivity contribution is 14.0. The van der Waals surface area contributed by atoms with Crippen LogP contribution in [0.2, 0.25) is 0 Å². The van der Waals surface area contributed by atoms with Gasteiger partial charge in [-0.1, -0.05) is 30.3 Å².